The highest BCUT2D eigenvalue weighted by Crippen LogP contribution is 2.28. The van der Waals surface area contributed by atoms with Gasteiger partial charge in [0, 0.05) is 16.1 Å². The molecule has 0 bridgehead atoms. The minimum Gasteiger partial charge on any atom is -0.451 e. The summed E-state index contributed by atoms with van der Waals surface area (Å²) in [5.74, 6) is -1.23. The Labute approximate surface area is 144 Å². The van der Waals surface area contributed by atoms with Crippen LogP contribution in [0.2, 0.25) is 0 Å². The molecular weight excluding hydrogens is 329 g/mol. The number of nitrogens with one attached hydrogen (secondary N) is 1. The van der Waals surface area contributed by atoms with Crippen LogP contribution < -0.4 is 5.32 Å². The van der Waals surface area contributed by atoms with Crippen LogP contribution in [0.25, 0.3) is 10.1 Å². The van der Waals surface area contributed by atoms with Crippen LogP contribution in [0.4, 0.5) is 4.39 Å². The number of carbonyl (C=O) groups is 2. The van der Waals surface area contributed by atoms with E-state index in [-0.39, 0.29) is 24.4 Å². The zero-order valence-corrected chi connectivity index (χ0v) is 14.2. The summed E-state index contributed by atoms with van der Waals surface area (Å²) in [5.41, 5.74) is 0. The molecule has 0 spiro atoms. The van der Waals surface area contributed by atoms with Crippen LogP contribution in [0.1, 0.15) is 48.2 Å². The Morgan fingerprint density at radius 3 is 2.67 bits per heavy atom. The van der Waals surface area contributed by atoms with Crippen LogP contribution in [-0.4, -0.2) is 24.5 Å². The van der Waals surface area contributed by atoms with E-state index in [1.165, 1.54) is 25.0 Å². The molecule has 0 atom stereocenters. The molecule has 1 aliphatic rings. The molecule has 1 aromatic carbocycles. The van der Waals surface area contributed by atoms with E-state index in [0.29, 0.717) is 15.0 Å². The highest BCUT2D eigenvalue weighted by molar-refractivity contribution is 7.20. The average molecular weight is 349 g/mol. The number of halogens is 1. The first-order chi connectivity index (χ1) is 11.6. The Morgan fingerprint density at radius 1 is 1.21 bits per heavy atom. The van der Waals surface area contributed by atoms with E-state index in [9.17, 15) is 14.0 Å². The number of amides is 1. The number of thiophene rings is 1. The molecule has 1 N–H and O–H groups in total. The smallest absolute Gasteiger partial charge is 0.348 e. The Balaban J connectivity index is 1.54. The molecule has 0 aliphatic heterocycles. The lowest BCUT2D eigenvalue weighted by atomic mass is 10.1. The summed E-state index contributed by atoms with van der Waals surface area (Å²) in [7, 11) is 0. The van der Waals surface area contributed by atoms with Crippen molar-refractivity contribution < 1.29 is 18.7 Å². The second-order valence-corrected chi connectivity index (χ2v) is 7.18. The van der Waals surface area contributed by atoms with Gasteiger partial charge < -0.3 is 10.1 Å². The fraction of sp³-hybridized carbons (Fsp3) is 0.444. The SMILES string of the molecule is O=C(COC(=O)c1cc2c(F)cccc2s1)NC1CCCCCC1. The van der Waals surface area contributed by atoms with E-state index in [2.05, 4.69) is 5.32 Å². The van der Waals surface area contributed by atoms with Crippen molar-refractivity contribution in [2.45, 2.75) is 44.6 Å². The molecule has 0 saturated heterocycles. The van der Waals surface area contributed by atoms with Crippen molar-refractivity contribution in [3.63, 3.8) is 0 Å². The average Bonchev–Trinajstić information content (AvgIpc) is 2.86. The minimum absolute atomic E-state index is 0.178. The second kappa shape index (κ2) is 7.75. The number of esters is 1. The van der Waals surface area contributed by atoms with Gasteiger partial charge >= 0.3 is 5.97 Å². The molecule has 0 radical (unpaired) electrons. The van der Waals surface area contributed by atoms with Gasteiger partial charge in [0.1, 0.15) is 10.7 Å². The second-order valence-electron chi connectivity index (χ2n) is 6.09. The highest BCUT2D eigenvalue weighted by Gasteiger charge is 2.18. The summed E-state index contributed by atoms with van der Waals surface area (Å²) in [6.07, 6.45) is 6.63. The molecule has 1 amide bonds. The number of fused-ring (bicyclic) bond motifs is 1. The summed E-state index contributed by atoms with van der Waals surface area (Å²) in [5, 5.41) is 3.33. The lowest BCUT2D eigenvalue weighted by molar-refractivity contribution is -0.125. The maximum absolute atomic E-state index is 13.7. The van der Waals surface area contributed by atoms with Crippen molar-refractivity contribution in [1.29, 1.82) is 0 Å². The van der Waals surface area contributed by atoms with Crippen molar-refractivity contribution in [3.05, 3.63) is 35.0 Å². The van der Waals surface area contributed by atoms with Gasteiger partial charge in [-0.25, -0.2) is 9.18 Å². The Hall–Kier alpha value is -1.95. The number of hydrogen-bond acceptors (Lipinski definition) is 4. The molecule has 1 fully saturated rings. The van der Waals surface area contributed by atoms with Crippen LogP contribution >= 0.6 is 11.3 Å². The van der Waals surface area contributed by atoms with Gasteiger partial charge in [0.15, 0.2) is 6.61 Å². The fourth-order valence-electron chi connectivity index (χ4n) is 3.02. The first-order valence-corrected chi connectivity index (χ1v) is 9.09. The quantitative estimate of drug-likeness (QED) is 0.669. The van der Waals surface area contributed by atoms with Gasteiger partial charge in [0.25, 0.3) is 5.91 Å². The van der Waals surface area contributed by atoms with Crippen molar-refractivity contribution in [1.82, 2.24) is 5.32 Å². The molecule has 2 aromatic rings. The van der Waals surface area contributed by atoms with E-state index in [0.717, 1.165) is 37.0 Å². The maximum atomic E-state index is 13.7. The number of carbonyl (C=O) groups excluding carboxylic acids is 2. The van der Waals surface area contributed by atoms with Gasteiger partial charge in [-0.1, -0.05) is 31.7 Å². The Kier molecular flexibility index (Phi) is 5.45. The van der Waals surface area contributed by atoms with E-state index >= 15 is 0 Å². The lowest BCUT2D eigenvalue weighted by Gasteiger charge is -2.15. The molecule has 1 heterocycles. The summed E-state index contributed by atoms with van der Waals surface area (Å²) in [6, 6.07) is 6.35. The lowest BCUT2D eigenvalue weighted by Crippen LogP contribution is -2.37. The predicted octanol–water partition coefficient (Wildman–Crippen LogP) is 4.04. The zero-order valence-electron chi connectivity index (χ0n) is 13.3. The van der Waals surface area contributed by atoms with Crippen molar-refractivity contribution in [3.8, 4) is 0 Å². The zero-order chi connectivity index (χ0) is 16.9. The normalized spacial score (nSPS) is 15.9. The van der Waals surface area contributed by atoms with Gasteiger partial charge in [-0.3, -0.25) is 4.79 Å². The van der Waals surface area contributed by atoms with Gasteiger partial charge in [-0.2, -0.15) is 0 Å². The van der Waals surface area contributed by atoms with Crippen molar-refractivity contribution >= 4 is 33.3 Å². The third-order valence-corrected chi connectivity index (χ3v) is 5.34. The van der Waals surface area contributed by atoms with Gasteiger partial charge in [-0.15, -0.1) is 11.3 Å². The summed E-state index contributed by atoms with van der Waals surface area (Å²) in [4.78, 5) is 24.3. The first-order valence-electron chi connectivity index (χ1n) is 8.28. The largest absolute Gasteiger partial charge is 0.451 e. The number of benzene rings is 1. The third-order valence-electron chi connectivity index (χ3n) is 4.26. The number of rotatable bonds is 4. The molecule has 1 aromatic heterocycles. The highest BCUT2D eigenvalue weighted by atomic mass is 32.1. The molecule has 4 nitrogen and oxygen atoms in total. The van der Waals surface area contributed by atoms with Crippen LogP contribution in [0.15, 0.2) is 24.3 Å². The standard InChI is InChI=1S/C18H20FNO3S/c19-14-8-5-9-15-13(14)10-16(24-15)18(22)23-11-17(21)20-12-6-3-1-2-4-7-12/h5,8-10,12H,1-4,6-7,11H2,(H,20,21). The van der Waals surface area contributed by atoms with E-state index < -0.39 is 5.97 Å². The van der Waals surface area contributed by atoms with Crippen LogP contribution in [0, 0.1) is 5.82 Å². The van der Waals surface area contributed by atoms with Gasteiger partial charge in [0.05, 0.1) is 0 Å². The van der Waals surface area contributed by atoms with Gasteiger partial charge in [0.2, 0.25) is 0 Å². The molecule has 1 aliphatic carbocycles. The molecule has 3 rings (SSSR count). The number of ether oxygens (including phenoxy) is 1. The fourth-order valence-corrected chi connectivity index (χ4v) is 3.99. The molecule has 6 heteroatoms. The van der Waals surface area contributed by atoms with Crippen molar-refractivity contribution in [2.24, 2.45) is 0 Å². The third kappa shape index (κ3) is 4.12. The summed E-state index contributed by atoms with van der Waals surface area (Å²) < 4.78 is 19.4. The summed E-state index contributed by atoms with van der Waals surface area (Å²) >= 11 is 1.16. The van der Waals surface area contributed by atoms with Crippen LogP contribution in [-0.2, 0) is 9.53 Å². The van der Waals surface area contributed by atoms with E-state index in [1.807, 2.05) is 0 Å². The molecule has 0 unspecified atom stereocenters. The molecule has 128 valence electrons. The topological polar surface area (TPSA) is 55.4 Å². The Bertz CT molecular complexity index is 735. The summed E-state index contributed by atoms with van der Waals surface area (Å²) in [6.45, 7) is -0.300. The molecule has 24 heavy (non-hydrogen) atoms. The van der Waals surface area contributed by atoms with Crippen LogP contribution in [0.5, 0.6) is 0 Å². The van der Waals surface area contributed by atoms with Gasteiger partial charge in [-0.05, 0) is 31.0 Å². The monoisotopic (exact) mass is 349 g/mol. The molecular formula is C18H20FNO3S. The van der Waals surface area contributed by atoms with E-state index in [1.54, 1.807) is 12.1 Å². The predicted molar refractivity (Wildman–Crippen MR) is 91.7 cm³/mol. The first kappa shape index (κ1) is 16.9. The van der Waals surface area contributed by atoms with E-state index in [4.69, 9.17) is 4.74 Å². The molecule has 1 saturated carbocycles. The Morgan fingerprint density at radius 2 is 1.96 bits per heavy atom. The number of hydrogen-bond donors (Lipinski definition) is 1. The van der Waals surface area contributed by atoms with Crippen molar-refractivity contribution in [2.75, 3.05) is 6.61 Å². The maximum Gasteiger partial charge on any atom is 0.348 e. The van der Waals surface area contributed by atoms with Crippen LogP contribution in [0.3, 0.4) is 0 Å². The minimum atomic E-state index is -0.591.